The Hall–Kier alpha value is -1.77. The number of rotatable bonds is 1. The van der Waals surface area contributed by atoms with Gasteiger partial charge in [0.15, 0.2) is 5.78 Å². The number of anilines is 1. The molecule has 0 spiro atoms. The molecule has 0 saturated carbocycles. The summed E-state index contributed by atoms with van der Waals surface area (Å²) in [5.74, 6) is 0.0420. The zero-order chi connectivity index (χ0) is 10.3. The summed E-state index contributed by atoms with van der Waals surface area (Å²) >= 11 is 0. The van der Waals surface area contributed by atoms with E-state index < -0.39 is 0 Å². The molecule has 0 aliphatic rings. The van der Waals surface area contributed by atoms with Gasteiger partial charge in [-0.15, -0.1) is 0 Å². The second-order valence-corrected chi connectivity index (χ2v) is 3.40. The molecule has 14 heavy (non-hydrogen) atoms. The predicted octanol–water partition coefficient (Wildman–Crippen LogP) is 2.03. The van der Waals surface area contributed by atoms with E-state index in [2.05, 4.69) is 0 Å². The third-order valence-electron chi connectivity index (χ3n) is 2.47. The van der Waals surface area contributed by atoms with Gasteiger partial charge in [-0.1, -0.05) is 6.07 Å². The Balaban J connectivity index is 2.95. The van der Waals surface area contributed by atoms with Crippen molar-refractivity contribution in [3.05, 3.63) is 35.7 Å². The van der Waals surface area contributed by atoms with Gasteiger partial charge in [0.1, 0.15) is 0 Å². The first kappa shape index (κ1) is 8.81. The van der Waals surface area contributed by atoms with E-state index in [0.717, 1.165) is 11.1 Å². The summed E-state index contributed by atoms with van der Waals surface area (Å²) in [6.45, 7) is 3.43. The number of aromatic nitrogens is 1. The number of carbonyl (C=O) groups excluding carboxylic acids is 1. The Morgan fingerprint density at radius 3 is 2.79 bits per heavy atom. The summed E-state index contributed by atoms with van der Waals surface area (Å²) in [6.07, 6.45) is 1.86. The van der Waals surface area contributed by atoms with E-state index in [1.165, 1.54) is 0 Å². The van der Waals surface area contributed by atoms with Crippen molar-refractivity contribution in [2.75, 3.05) is 5.73 Å². The molecule has 0 saturated heterocycles. The van der Waals surface area contributed by atoms with Crippen LogP contribution < -0.4 is 5.73 Å². The lowest BCUT2D eigenvalue weighted by Crippen LogP contribution is -1.99. The zero-order valence-electron chi connectivity index (χ0n) is 8.24. The van der Waals surface area contributed by atoms with Crippen LogP contribution in [0.25, 0.3) is 5.52 Å². The molecule has 0 atom stereocenters. The van der Waals surface area contributed by atoms with Gasteiger partial charge in [-0.2, -0.15) is 0 Å². The first-order chi connectivity index (χ1) is 6.63. The molecule has 3 nitrogen and oxygen atoms in total. The number of nitrogens with zero attached hydrogens (tertiary/aromatic N) is 1. The van der Waals surface area contributed by atoms with Crippen molar-refractivity contribution < 1.29 is 4.79 Å². The number of hydrogen-bond donors (Lipinski definition) is 1. The van der Waals surface area contributed by atoms with Crippen molar-refractivity contribution in [2.45, 2.75) is 13.8 Å². The van der Waals surface area contributed by atoms with Crippen molar-refractivity contribution in [2.24, 2.45) is 0 Å². The molecule has 72 valence electrons. The van der Waals surface area contributed by atoms with Gasteiger partial charge in [0.05, 0.1) is 16.9 Å². The smallest absolute Gasteiger partial charge is 0.176 e. The highest BCUT2D eigenvalue weighted by Crippen LogP contribution is 2.25. The average molecular weight is 188 g/mol. The minimum Gasteiger partial charge on any atom is -0.397 e. The normalized spacial score (nSPS) is 10.7. The monoisotopic (exact) mass is 188 g/mol. The van der Waals surface area contributed by atoms with Crippen molar-refractivity contribution in [1.29, 1.82) is 0 Å². The highest BCUT2D eigenvalue weighted by atomic mass is 16.1. The molecular weight excluding hydrogens is 176 g/mol. The summed E-state index contributed by atoms with van der Waals surface area (Å²) in [7, 11) is 0. The number of ketones is 1. The third kappa shape index (κ3) is 1.02. The Morgan fingerprint density at radius 2 is 2.14 bits per heavy atom. The van der Waals surface area contributed by atoms with Crippen molar-refractivity contribution in [3.8, 4) is 0 Å². The number of hydrogen-bond acceptors (Lipinski definition) is 2. The molecule has 0 aliphatic carbocycles. The summed E-state index contributed by atoms with van der Waals surface area (Å²) in [4.78, 5) is 11.4. The molecule has 2 aromatic rings. The Kier molecular flexibility index (Phi) is 1.81. The molecule has 0 fully saturated rings. The summed E-state index contributed by atoms with van der Waals surface area (Å²) in [5.41, 5.74) is 9.04. The first-order valence-electron chi connectivity index (χ1n) is 4.49. The molecule has 3 heteroatoms. The molecule has 0 bridgehead atoms. The van der Waals surface area contributed by atoms with Gasteiger partial charge in [0.25, 0.3) is 0 Å². The fourth-order valence-electron chi connectivity index (χ4n) is 1.79. The maximum atomic E-state index is 11.4. The topological polar surface area (TPSA) is 47.5 Å². The van der Waals surface area contributed by atoms with Crippen LogP contribution >= 0.6 is 0 Å². The number of Topliss-reactive ketones (excluding diaryl/α,β-unsaturated/α-hetero) is 1. The number of carbonyl (C=O) groups is 1. The predicted molar refractivity (Wildman–Crippen MR) is 56.6 cm³/mol. The number of nitrogen functional groups attached to an aromatic ring is 1. The van der Waals surface area contributed by atoms with E-state index in [1.54, 1.807) is 6.92 Å². The molecule has 2 rings (SSSR count). The lowest BCUT2D eigenvalue weighted by Gasteiger charge is -1.98. The van der Waals surface area contributed by atoms with E-state index in [-0.39, 0.29) is 5.78 Å². The fourth-order valence-corrected chi connectivity index (χ4v) is 1.79. The Bertz CT molecular complexity index is 511. The first-order valence-corrected chi connectivity index (χ1v) is 4.49. The van der Waals surface area contributed by atoms with Crippen LogP contribution in [0.4, 0.5) is 5.69 Å². The largest absolute Gasteiger partial charge is 0.397 e. The van der Waals surface area contributed by atoms with Crippen LogP contribution in [0.2, 0.25) is 0 Å². The van der Waals surface area contributed by atoms with E-state index in [0.29, 0.717) is 11.4 Å². The SMILES string of the molecule is CC(=O)c1c(C)c(N)c2ccccn12. The molecule has 0 aliphatic heterocycles. The van der Waals surface area contributed by atoms with Crippen LogP contribution in [0.1, 0.15) is 23.0 Å². The molecule has 2 N–H and O–H groups in total. The van der Waals surface area contributed by atoms with Crippen LogP contribution in [0, 0.1) is 6.92 Å². The van der Waals surface area contributed by atoms with Gasteiger partial charge in [-0.3, -0.25) is 4.79 Å². The van der Waals surface area contributed by atoms with Crippen LogP contribution in [-0.2, 0) is 0 Å². The van der Waals surface area contributed by atoms with Gasteiger partial charge in [-0.25, -0.2) is 0 Å². The maximum Gasteiger partial charge on any atom is 0.176 e. The van der Waals surface area contributed by atoms with E-state index in [9.17, 15) is 4.79 Å². The highest BCUT2D eigenvalue weighted by molar-refractivity contribution is 5.98. The standard InChI is InChI=1S/C11H12N2O/c1-7-10(12)9-5-3-4-6-13(9)11(7)8(2)14/h3-6H,12H2,1-2H3. The summed E-state index contributed by atoms with van der Waals surface area (Å²) in [6, 6.07) is 5.71. The minimum atomic E-state index is 0.0420. The second-order valence-electron chi connectivity index (χ2n) is 3.40. The molecular formula is C11H12N2O. The van der Waals surface area contributed by atoms with E-state index in [4.69, 9.17) is 5.73 Å². The van der Waals surface area contributed by atoms with Crippen LogP contribution in [0.15, 0.2) is 24.4 Å². The quantitative estimate of drug-likeness (QED) is 0.696. The highest BCUT2D eigenvalue weighted by Gasteiger charge is 2.14. The van der Waals surface area contributed by atoms with Crippen molar-refractivity contribution >= 4 is 17.0 Å². The molecule has 0 unspecified atom stereocenters. The second kappa shape index (κ2) is 2.87. The Morgan fingerprint density at radius 1 is 1.43 bits per heavy atom. The van der Waals surface area contributed by atoms with Crippen molar-refractivity contribution in [1.82, 2.24) is 4.40 Å². The average Bonchev–Trinajstić information content (AvgIpc) is 2.41. The summed E-state index contributed by atoms with van der Waals surface area (Å²) in [5, 5.41) is 0. The molecule has 0 radical (unpaired) electrons. The van der Waals surface area contributed by atoms with Gasteiger partial charge >= 0.3 is 0 Å². The van der Waals surface area contributed by atoms with Gasteiger partial charge in [-0.05, 0) is 19.1 Å². The van der Waals surface area contributed by atoms with Gasteiger partial charge in [0, 0.05) is 18.7 Å². The number of fused-ring (bicyclic) bond motifs is 1. The lowest BCUT2D eigenvalue weighted by atomic mass is 10.2. The van der Waals surface area contributed by atoms with E-state index >= 15 is 0 Å². The van der Waals surface area contributed by atoms with Gasteiger partial charge in [0.2, 0.25) is 0 Å². The van der Waals surface area contributed by atoms with Crippen LogP contribution in [0.3, 0.4) is 0 Å². The lowest BCUT2D eigenvalue weighted by molar-refractivity contribution is 0.101. The van der Waals surface area contributed by atoms with E-state index in [1.807, 2.05) is 35.7 Å². The summed E-state index contributed by atoms with van der Waals surface area (Å²) < 4.78 is 1.84. The minimum absolute atomic E-state index is 0.0420. The maximum absolute atomic E-state index is 11.4. The fraction of sp³-hybridized carbons (Fsp3) is 0.182. The van der Waals surface area contributed by atoms with Gasteiger partial charge < -0.3 is 10.1 Å². The number of nitrogens with two attached hydrogens (primary N) is 1. The zero-order valence-corrected chi connectivity index (χ0v) is 8.24. The molecule has 2 heterocycles. The van der Waals surface area contributed by atoms with Crippen LogP contribution in [0.5, 0.6) is 0 Å². The number of pyridine rings is 1. The third-order valence-corrected chi connectivity index (χ3v) is 2.47. The Labute approximate surface area is 82.1 Å². The molecule has 0 amide bonds. The molecule has 2 aromatic heterocycles. The molecule has 0 aromatic carbocycles. The van der Waals surface area contributed by atoms with Crippen molar-refractivity contribution in [3.63, 3.8) is 0 Å². The van der Waals surface area contributed by atoms with Crippen LogP contribution in [-0.4, -0.2) is 10.2 Å².